The summed E-state index contributed by atoms with van der Waals surface area (Å²) >= 11 is 15.6. The molecule has 0 unspecified atom stereocenters. The minimum Gasteiger partial charge on any atom is -0.313 e. The molecule has 0 spiro atoms. The number of rotatable bonds is 3. The molecule has 2 aromatic carbocycles. The zero-order valence-corrected chi connectivity index (χ0v) is 18.4. The number of nitrogens with zero attached hydrogens (tertiary/aromatic N) is 1. The first-order valence-electron chi connectivity index (χ1n) is 9.37. The van der Waals surface area contributed by atoms with Crippen LogP contribution in [-0.2, 0) is 12.8 Å². The van der Waals surface area contributed by atoms with E-state index in [1.54, 1.807) is 40.9 Å². The number of hydrogen-bond acceptors (Lipinski definition) is 4. The third kappa shape index (κ3) is 3.57. The van der Waals surface area contributed by atoms with Gasteiger partial charge in [-0.15, -0.1) is 22.7 Å². The maximum absolute atomic E-state index is 13.0. The highest BCUT2D eigenvalue weighted by molar-refractivity contribution is 7.23. The molecule has 1 aliphatic carbocycles. The number of anilines is 1. The molecule has 2 aromatic heterocycles. The number of para-hydroxylation sites is 1. The van der Waals surface area contributed by atoms with E-state index >= 15 is 0 Å². The van der Waals surface area contributed by atoms with E-state index in [1.807, 2.05) is 18.2 Å². The molecule has 3 nitrogen and oxygen atoms in total. The highest BCUT2D eigenvalue weighted by Gasteiger charge is 2.25. The minimum atomic E-state index is -0.251. The van der Waals surface area contributed by atoms with Crippen molar-refractivity contribution in [2.45, 2.75) is 25.7 Å². The van der Waals surface area contributed by atoms with Crippen LogP contribution in [0.1, 0.15) is 33.6 Å². The predicted molar refractivity (Wildman–Crippen MR) is 124 cm³/mol. The van der Waals surface area contributed by atoms with Crippen LogP contribution in [0, 0.1) is 0 Å². The summed E-state index contributed by atoms with van der Waals surface area (Å²) in [4.78, 5) is 19.2. The normalized spacial score (nSPS) is 13.4. The molecular weight excluding hydrogens is 443 g/mol. The summed E-state index contributed by atoms with van der Waals surface area (Å²) in [5.74, 6) is -0.251. The van der Waals surface area contributed by atoms with Crippen LogP contribution in [0.25, 0.3) is 20.8 Å². The van der Waals surface area contributed by atoms with Crippen LogP contribution in [0.3, 0.4) is 0 Å². The summed E-state index contributed by atoms with van der Waals surface area (Å²) in [7, 11) is 0. The topological polar surface area (TPSA) is 42.0 Å². The predicted octanol–water partition coefficient (Wildman–Crippen LogP) is 7.46. The average Bonchev–Trinajstić information content (AvgIpc) is 3.30. The second-order valence-electron chi connectivity index (χ2n) is 6.98. The molecule has 2 heterocycles. The van der Waals surface area contributed by atoms with E-state index in [1.165, 1.54) is 16.9 Å². The summed E-state index contributed by atoms with van der Waals surface area (Å²) in [6.07, 6.45) is 4.41. The van der Waals surface area contributed by atoms with E-state index in [0.29, 0.717) is 15.6 Å². The van der Waals surface area contributed by atoms with Gasteiger partial charge in [-0.25, -0.2) is 4.98 Å². The Hall–Kier alpha value is -1.92. The van der Waals surface area contributed by atoms with E-state index in [-0.39, 0.29) is 5.91 Å². The Morgan fingerprint density at radius 2 is 1.86 bits per heavy atom. The smallest absolute Gasteiger partial charge is 0.257 e. The van der Waals surface area contributed by atoms with Crippen LogP contribution in [0.5, 0.6) is 0 Å². The number of fused-ring (bicyclic) bond motifs is 2. The number of aromatic nitrogens is 1. The molecule has 1 aliphatic rings. The standard InChI is InChI=1S/C22H16Cl2N2OS2/c23-12-9-10-15(24)14(11-12)20(27)26-22-19(13-5-1-3-7-17(13)28-22)21-25-16-6-2-4-8-18(16)29-21/h2,4,6,8-11H,1,3,5,7H2,(H,26,27). The Morgan fingerprint density at radius 3 is 2.72 bits per heavy atom. The molecule has 146 valence electrons. The van der Waals surface area contributed by atoms with Crippen LogP contribution in [0.4, 0.5) is 5.00 Å². The van der Waals surface area contributed by atoms with Crippen molar-refractivity contribution in [2.75, 3.05) is 5.32 Å². The zero-order valence-electron chi connectivity index (χ0n) is 15.3. The van der Waals surface area contributed by atoms with Gasteiger partial charge in [-0.1, -0.05) is 35.3 Å². The molecule has 0 aliphatic heterocycles. The minimum absolute atomic E-state index is 0.251. The lowest BCUT2D eigenvalue weighted by atomic mass is 9.95. The number of nitrogens with one attached hydrogen (secondary N) is 1. The number of thiazole rings is 1. The van der Waals surface area contributed by atoms with Gasteiger partial charge in [-0.05, 0) is 61.6 Å². The molecule has 0 atom stereocenters. The number of halogens is 2. The third-order valence-electron chi connectivity index (χ3n) is 5.08. The molecule has 0 radical (unpaired) electrons. The summed E-state index contributed by atoms with van der Waals surface area (Å²) in [5.41, 5.74) is 3.75. The first-order chi connectivity index (χ1) is 14.1. The van der Waals surface area contributed by atoms with Crippen LogP contribution in [0.2, 0.25) is 10.0 Å². The number of aryl methyl sites for hydroxylation is 1. The number of carbonyl (C=O) groups excluding carboxylic acids is 1. The molecule has 1 amide bonds. The Kier molecular flexibility index (Phi) is 5.08. The molecule has 5 rings (SSSR count). The maximum Gasteiger partial charge on any atom is 0.257 e. The number of amides is 1. The van der Waals surface area contributed by atoms with Crippen molar-refractivity contribution in [3.8, 4) is 10.6 Å². The monoisotopic (exact) mass is 458 g/mol. The van der Waals surface area contributed by atoms with Gasteiger partial charge in [0.2, 0.25) is 0 Å². The van der Waals surface area contributed by atoms with Crippen LogP contribution >= 0.6 is 45.9 Å². The van der Waals surface area contributed by atoms with E-state index in [0.717, 1.165) is 45.1 Å². The second kappa shape index (κ2) is 7.73. The quantitative estimate of drug-likeness (QED) is 0.345. The van der Waals surface area contributed by atoms with Crippen molar-refractivity contribution >= 4 is 67.0 Å². The maximum atomic E-state index is 13.0. The highest BCUT2D eigenvalue weighted by Crippen LogP contribution is 2.46. The van der Waals surface area contributed by atoms with Crippen molar-refractivity contribution in [3.63, 3.8) is 0 Å². The Balaban J connectivity index is 1.60. The Bertz CT molecular complexity index is 1210. The fourth-order valence-electron chi connectivity index (χ4n) is 3.70. The number of hydrogen-bond donors (Lipinski definition) is 1. The summed E-state index contributed by atoms with van der Waals surface area (Å²) < 4.78 is 1.15. The van der Waals surface area contributed by atoms with E-state index in [4.69, 9.17) is 28.2 Å². The molecule has 0 saturated heterocycles. The van der Waals surface area contributed by atoms with Gasteiger partial charge in [0.1, 0.15) is 10.0 Å². The van der Waals surface area contributed by atoms with Crippen LogP contribution < -0.4 is 5.32 Å². The van der Waals surface area contributed by atoms with Crippen molar-refractivity contribution < 1.29 is 4.79 Å². The molecule has 1 N–H and O–H groups in total. The van der Waals surface area contributed by atoms with Gasteiger partial charge in [0.05, 0.1) is 20.8 Å². The van der Waals surface area contributed by atoms with Crippen molar-refractivity contribution in [1.29, 1.82) is 0 Å². The van der Waals surface area contributed by atoms with Gasteiger partial charge < -0.3 is 5.32 Å². The fourth-order valence-corrected chi connectivity index (χ4v) is 6.47. The molecule has 0 saturated carbocycles. The average molecular weight is 459 g/mol. The zero-order chi connectivity index (χ0) is 20.0. The lowest BCUT2D eigenvalue weighted by Gasteiger charge is -2.12. The van der Waals surface area contributed by atoms with E-state index in [2.05, 4.69) is 11.4 Å². The first-order valence-corrected chi connectivity index (χ1v) is 11.8. The Morgan fingerprint density at radius 1 is 1.03 bits per heavy atom. The third-order valence-corrected chi connectivity index (χ3v) is 7.90. The largest absolute Gasteiger partial charge is 0.313 e. The van der Waals surface area contributed by atoms with Crippen molar-refractivity contribution in [3.05, 3.63) is 68.5 Å². The van der Waals surface area contributed by atoms with Crippen molar-refractivity contribution in [1.82, 2.24) is 4.98 Å². The molecule has 0 bridgehead atoms. The summed E-state index contributed by atoms with van der Waals surface area (Å²) in [6.45, 7) is 0. The first kappa shape index (κ1) is 19.1. The second-order valence-corrected chi connectivity index (χ2v) is 9.96. The van der Waals surface area contributed by atoms with Gasteiger partial charge in [-0.2, -0.15) is 0 Å². The number of thiophene rings is 1. The lowest BCUT2D eigenvalue weighted by Crippen LogP contribution is -2.12. The summed E-state index contributed by atoms with van der Waals surface area (Å²) in [6, 6.07) is 13.1. The summed E-state index contributed by atoms with van der Waals surface area (Å²) in [5, 5.41) is 5.77. The Labute approximate surface area is 186 Å². The van der Waals surface area contributed by atoms with Gasteiger partial charge in [0, 0.05) is 15.5 Å². The fraction of sp³-hybridized carbons (Fsp3) is 0.182. The van der Waals surface area contributed by atoms with Gasteiger partial charge in [0.15, 0.2) is 0 Å². The number of carbonyl (C=O) groups is 1. The molecule has 4 aromatic rings. The molecule has 0 fully saturated rings. The van der Waals surface area contributed by atoms with Gasteiger partial charge >= 0.3 is 0 Å². The van der Waals surface area contributed by atoms with Crippen LogP contribution in [-0.4, -0.2) is 10.9 Å². The SMILES string of the molecule is O=C(Nc1sc2c(c1-c1nc3ccccc3s1)CCCC2)c1cc(Cl)ccc1Cl. The van der Waals surface area contributed by atoms with Crippen molar-refractivity contribution in [2.24, 2.45) is 0 Å². The highest BCUT2D eigenvalue weighted by atomic mass is 35.5. The van der Waals surface area contributed by atoms with E-state index in [9.17, 15) is 4.79 Å². The lowest BCUT2D eigenvalue weighted by molar-refractivity contribution is 0.102. The van der Waals surface area contributed by atoms with Gasteiger partial charge in [0.25, 0.3) is 5.91 Å². The molecule has 29 heavy (non-hydrogen) atoms. The number of benzene rings is 2. The van der Waals surface area contributed by atoms with Gasteiger partial charge in [-0.3, -0.25) is 4.79 Å². The van der Waals surface area contributed by atoms with Crippen LogP contribution in [0.15, 0.2) is 42.5 Å². The van der Waals surface area contributed by atoms with E-state index < -0.39 is 0 Å². The molecular formula is C22H16Cl2N2OS2. The molecule has 7 heteroatoms.